The van der Waals surface area contributed by atoms with E-state index in [1.54, 1.807) is 0 Å². The highest BCUT2D eigenvalue weighted by Gasteiger charge is 2.15. The summed E-state index contributed by atoms with van der Waals surface area (Å²) in [4.78, 5) is 0. The molecule has 0 aliphatic carbocycles. The molecule has 0 fully saturated rings. The molecule has 1 heterocycles. The molecule has 4 heteroatoms. The molecule has 3 rings (SSSR count). The molecule has 0 saturated carbocycles. The Morgan fingerprint density at radius 3 is 2.57 bits per heavy atom. The zero-order valence-corrected chi connectivity index (χ0v) is 13.0. The van der Waals surface area contributed by atoms with E-state index in [0.29, 0.717) is 5.82 Å². The summed E-state index contributed by atoms with van der Waals surface area (Å²) in [5.74, 6) is 1.27. The average Bonchev–Trinajstić information content (AvgIpc) is 2.87. The van der Waals surface area contributed by atoms with Crippen molar-refractivity contribution in [3.05, 3.63) is 70.4 Å². The lowest BCUT2D eigenvalue weighted by molar-refractivity contribution is 0.386. The van der Waals surface area contributed by atoms with Crippen LogP contribution in [0.2, 0.25) is 0 Å². The minimum Gasteiger partial charge on any atom is -0.380 e. The fourth-order valence-electron chi connectivity index (χ4n) is 2.36. The minimum absolute atomic E-state index is 0.441. The summed E-state index contributed by atoms with van der Waals surface area (Å²) in [5, 5.41) is 3.92. The molecule has 2 aromatic carbocycles. The summed E-state index contributed by atoms with van der Waals surface area (Å²) in [6.45, 7) is 0. The number of nitrogens with zero attached hydrogens (tertiary/aromatic N) is 1. The molecule has 21 heavy (non-hydrogen) atoms. The Morgan fingerprint density at radius 2 is 1.81 bits per heavy atom. The quantitative estimate of drug-likeness (QED) is 0.760. The number of nitrogens with two attached hydrogens (primary N) is 1. The maximum absolute atomic E-state index is 5.97. The number of hydrogen-bond acceptors (Lipinski definition) is 3. The smallest absolute Gasteiger partial charge is 0.175 e. The SMILES string of the molecule is Nc1noc(CCc2ccccc2)c1-c1cccc(Br)c1. The zero-order chi connectivity index (χ0) is 14.7. The Morgan fingerprint density at radius 1 is 1.00 bits per heavy atom. The number of anilines is 1. The summed E-state index contributed by atoms with van der Waals surface area (Å²) in [6, 6.07) is 18.3. The Hall–Kier alpha value is -2.07. The van der Waals surface area contributed by atoms with Crippen LogP contribution >= 0.6 is 15.9 Å². The molecule has 3 aromatic rings. The van der Waals surface area contributed by atoms with Crippen molar-refractivity contribution >= 4 is 21.7 Å². The molecule has 0 saturated heterocycles. The van der Waals surface area contributed by atoms with Crippen molar-refractivity contribution in [2.24, 2.45) is 0 Å². The van der Waals surface area contributed by atoms with Crippen LogP contribution in [0, 0.1) is 0 Å². The van der Waals surface area contributed by atoms with Gasteiger partial charge in [0.1, 0.15) is 5.76 Å². The minimum atomic E-state index is 0.441. The molecular formula is C17H15BrN2O. The normalized spacial score (nSPS) is 10.7. The first-order valence-corrected chi connectivity index (χ1v) is 7.57. The standard InChI is InChI=1S/C17H15BrN2O/c18-14-8-4-7-13(11-14)16-15(21-20-17(16)19)10-9-12-5-2-1-3-6-12/h1-8,11H,9-10H2,(H2,19,20). The van der Waals surface area contributed by atoms with Gasteiger partial charge in [-0.2, -0.15) is 0 Å². The van der Waals surface area contributed by atoms with Gasteiger partial charge in [0.2, 0.25) is 0 Å². The number of rotatable bonds is 4. The fourth-order valence-corrected chi connectivity index (χ4v) is 2.76. The molecule has 0 bridgehead atoms. The van der Waals surface area contributed by atoms with Crippen LogP contribution in [0.1, 0.15) is 11.3 Å². The number of halogens is 1. The Labute approximate surface area is 131 Å². The lowest BCUT2D eigenvalue weighted by Gasteiger charge is -2.04. The van der Waals surface area contributed by atoms with E-state index in [9.17, 15) is 0 Å². The van der Waals surface area contributed by atoms with Gasteiger partial charge in [-0.15, -0.1) is 0 Å². The van der Waals surface area contributed by atoms with E-state index in [4.69, 9.17) is 10.3 Å². The van der Waals surface area contributed by atoms with E-state index in [0.717, 1.165) is 34.2 Å². The summed E-state index contributed by atoms with van der Waals surface area (Å²) in [5.41, 5.74) is 9.16. The van der Waals surface area contributed by atoms with E-state index in [2.05, 4.69) is 33.2 Å². The third-order valence-corrected chi connectivity index (χ3v) is 3.88. The van der Waals surface area contributed by atoms with Crippen molar-refractivity contribution in [1.29, 1.82) is 0 Å². The first-order chi connectivity index (χ1) is 10.2. The van der Waals surface area contributed by atoms with E-state index in [-0.39, 0.29) is 0 Å². The van der Waals surface area contributed by atoms with Crippen LogP contribution in [-0.2, 0) is 12.8 Å². The maximum Gasteiger partial charge on any atom is 0.175 e. The molecule has 0 atom stereocenters. The van der Waals surface area contributed by atoms with E-state index < -0.39 is 0 Å². The summed E-state index contributed by atoms with van der Waals surface area (Å²) in [6.07, 6.45) is 1.67. The molecule has 0 aliphatic heterocycles. The van der Waals surface area contributed by atoms with Crippen LogP contribution in [0.3, 0.4) is 0 Å². The van der Waals surface area contributed by atoms with Gasteiger partial charge in [0.25, 0.3) is 0 Å². The van der Waals surface area contributed by atoms with E-state index in [1.807, 2.05) is 42.5 Å². The summed E-state index contributed by atoms with van der Waals surface area (Å²) >= 11 is 3.48. The Kier molecular flexibility index (Phi) is 4.06. The van der Waals surface area contributed by atoms with Gasteiger partial charge in [0.15, 0.2) is 5.82 Å². The van der Waals surface area contributed by atoms with Crippen molar-refractivity contribution in [1.82, 2.24) is 5.16 Å². The first kappa shape index (κ1) is 13.9. The highest BCUT2D eigenvalue weighted by atomic mass is 79.9. The van der Waals surface area contributed by atoms with Gasteiger partial charge < -0.3 is 10.3 Å². The molecule has 0 amide bonds. The second kappa shape index (κ2) is 6.14. The van der Waals surface area contributed by atoms with Gasteiger partial charge >= 0.3 is 0 Å². The van der Waals surface area contributed by atoms with Gasteiger partial charge in [-0.25, -0.2) is 0 Å². The molecule has 106 valence electrons. The molecule has 0 radical (unpaired) electrons. The van der Waals surface area contributed by atoms with E-state index >= 15 is 0 Å². The Bertz CT molecular complexity index is 738. The first-order valence-electron chi connectivity index (χ1n) is 6.78. The van der Waals surface area contributed by atoms with Crippen molar-refractivity contribution < 1.29 is 4.52 Å². The Balaban J connectivity index is 1.87. The number of aromatic nitrogens is 1. The predicted octanol–water partition coefficient (Wildman–Crippen LogP) is 4.47. The zero-order valence-electron chi connectivity index (χ0n) is 11.4. The molecule has 0 unspecified atom stereocenters. The topological polar surface area (TPSA) is 52.0 Å². The van der Waals surface area contributed by atoms with Crippen molar-refractivity contribution in [2.45, 2.75) is 12.8 Å². The lowest BCUT2D eigenvalue weighted by Crippen LogP contribution is -1.94. The number of aryl methyl sites for hydroxylation is 2. The summed E-state index contributed by atoms with van der Waals surface area (Å²) in [7, 11) is 0. The van der Waals surface area contributed by atoms with Gasteiger partial charge in [-0.3, -0.25) is 0 Å². The summed E-state index contributed by atoms with van der Waals surface area (Å²) < 4.78 is 6.43. The van der Waals surface area contributed by atoms with Gasteiger partial charge in [0, 0.05) is 10.9 Å². The molecule has 1 aromatic heterocycles. The third kappa shape index (κ3) is 3.16. The van der Waals surface area contributed by atoms with Crippen molar-refractivity contribution in [3.8, 4) is 11.1 Å². The van der Waals surface area contributed by atoms with Crippen LogP contribution in [0.25, 0.3) is 11.1 Å². The largest absolute Gasteiger partial charge is 0.380 e. The monoisotopic (exact) mass is 342 g/mol. The van der Waals surface area contributed by atoms with Gasteiger partial charge in [-0.05, 0) is 29.7 Å². The molecule has 0 spiro atoms. The second-order valence-corrected chi connectivity index (χ2v) is 5.78. The molecular weight excluding hydrogens is 328 g/mol. The fraction of sp³-hybridized carbons (Fsp3) is 0.118. The van der Waals surface area contributed by atoms with Crippen LogP contribution in [-0.4, -0.2) is 5.16 Å². The maximum atomic E-state index is 5.97. The van der Waals surface area contributed by atoms with Crippen LogP contribution in [0.4, 0.5) is 5.82 Å². The molecule has 2 N–H and O–H groups in total. The van der Waals surface area contributed by atoms with Gasteiger partial charge in [-0.1, -0.05) is 63.6 Å². The van der Waals surface area contributed by atoms with Crippen molar-refractivity contribution in [2.75, 3.05) is 5.73 Å². The van der Waals surface area contributed by atoms with E-state index in [1.165, 1.54) is 5.56 Å². The predicted molar refractivity (Wildman–Crippen MR) is 87.9 cm³/mol. The average molecular weight is 343 g/mol. The number of benzene rings is 2. The van der Waals surface area contributed by atoms with Crippen LogP contribution in [0.15, 0.2) is 63.6 Å². The number of nitrogen functional groups attached to an aromatic ring is 1. The highest BCUT2D eigenvalue weighted by Crippen LogP contribution is 2.31. The van der Waals surface area contributed by atoms with Crippen LogP contribution < -0.4 is 5.73 Å². The number of hydrogen-bond donors (Lipinski definition) is 1. The molecule has 0 aliphatic rings. The highest BCUT2D eigenvalue weighted by molar-refractivity contribution is 9.10. The second-order valence-electron chi connectivity index (χ2n) is 4.86. The van der Waals surface area contributed by atoms with Gasteiger partial charge in [0.05, 0.1) is 5.56 Å². The third-order valence-electron chi connectivity index (χ3n) is 3.39. The van der Waals surface area contributed by atoms with Crippen LogP contribution in [0.5, 0.6) is 0 Å². The lowest BCUT2D eigenvalue weighted by atomic mass is 10.0. The molecule has 3 nitrogen and oxygen atoms in total. The van der Waals surface area contributed by atoms with Crippen molar-refractivity contribution in [3.63, 3.8) is 0 Å².